The molecule has 0 aliphatic rings. The second-order valence-electron chi connectivity index (χ2n) is 4.00. The number of thiophene rings is 1. The van der Waals surface area contributed by atoms with Crippen LogP contribution in [0.15, 0.2) is 40.9 Å². The molecule has 1 amide bonds. The quantitative estimate of drug-likeness (QED) is 0.484. The fourth-order valence-electron chi connectivity index (χ4n) is 1.49. The first-order chi connectivity index (χ1) is 10.5. The lowest BCUT2D eigenvalue weighted by atomic mass is 10.3. The topological polar surface area (TPSA) is 98.5 Å². The molecule has 22 heavy (non-hydrogen) atoms. The summed E-state index contributed by atoms with van der Waals surface area (Å²) in [6, 6.07) is 9.48. The van der Waals surface area contributed by atoms with Crippen molar-refractivity contribution >= 4 is 49.8 Å². The van der Waals surface area contributed by atoms with Crippen molar-refractivity contribution in [1.82, 2.24) is 0 Å². The Bertz CT molecular complexity index is 731. The molecule has 0 unspecified atom stereocenters. The average molecular weight is 385 g/mol. The maximum atomic E-state index is 11.7. The van der Waals surface area contributed by atoms with E-state index < -0.39 is 23.4 Å². The van der Waals surface area contributed by atoms with Gasteiger partial charge in [-0.3, -0.25) is 14.9 Å². The number of rotatable bonds is 5. The summed E-state index contributed by atoms with van der Waals surface area (Å²) in [5, 5.41) is 12.9. The maximum absolute atomic E-state index is 11.7. The van der Waals surface area contributed by atoms with Gasteiger partial charge in [-0.05, 0) is 34.1 Å². The number of nitrogens with one attached hydrogen (secondary N) is 1. The first-order valence-corrected chi connectivity index (χ1v) is 7.54. The van der Waals surface area contributed by atoms with Crippen molar-refractivity contribution in [2.24, 2.45) is 0 Å². The van der Waals surface area contributed by atoms with E-state index in [-0.39, 0.29) is 9.88 Å². The fourth-order valence-corrected chi connectivity index (χ4v) is 2.58. The molecule has 0 saturated carbocycles. The highest BCUT2D eigenvalue weighted by molar-refractivity contribution is 9.10. The van der Waals surface area contributed by atoms with Gasteiger partial charge >= 0.3 is 11.0 Å². The lowest BCUT2D eigenvalue weighted by Gasteiger charge is -2.07. The van der Waals surface area contributed by atoms with Crippen LogP contribution < -0.4 is 5.32 Å². The molecule has 9 heteroatoms. The molecule has 0 atom stereocenters. The molecule has 2 rings (SSSR count). The first-order valence-electron chi connectivity index (χ1n) is 5.93. The monoisotopic (exact) mass is 384 g/mol. The minimum atomic E-state index is -0.777. The average Bonchev–Trinajstić information content (AvgIpc) is 2.97. The summed E-state index contributed by atoms with van der Waals surface area (Å²) in [5.74, 6) is -1.29. The number of carbonyl (C=O) groups excluding carboxylic acids is 2. The van der Waals surface area contributed by atoms with E-state index in [0.717, 1.165) is 0 Å². The SMILES string of the molecule is O=C(COC(=O)c1ccc([N+](=O)[O-])s1)Nc1ccccc1Br. The van der Waals surface area contributed by atoms with Crippen molar-refractivity contribution in [2.75, 3.05) is 11.9 Å². The number of carbonyl (C=O) groups is 2. The van der Waals surface area contributed by atoms with Gasteiger partial charge in [-0.2, -0.15) is 0 Å². The van der Waals surface area contributed by atoms with E-state index in [1.54, 1.807) is 24.3 Å². The number of nitrogens with zero attached hydrogens (tertiary/aromatic N) is 1. The number of halogens is 1. The van der Waals surface area contributed by atoms with Crippen LogP contribution in [0.4, 0.5) is 10.7 Å². The Morgan fingerprint density at radius 1 is 1.27 bits per heavy atom. The summed E-state index contributed by atoms with van der Waals surface area (Å²) in [6.45, 7) is -0.480. The largest absolute Gasteiger partial charge is 0.451 e. The summed E-state index contributed by atoms with van der Waals surface area (Å²) in [6.07, 6.45) is 0. The van der Waals surface area contributed by atoms with Gasteiger partial charge in [-0.15, -0.1) is 0 Å². The van der Waals surface area contributed by atoms with Crippen LogP contribution in [0.5, 0.6) is 0 Å². The van der Waals surface area contributed by atoms with Gasteiger partial charge in [0.05, 0.1) is 10.6 Å². The third-order valence-corrected chi connectivity index (χ3v) is 4.16. The molecule has 0 radical (unpaired) electrons. The Hall–Kier alpha value is -2.26. The Labute approximate surface area is 137 Å². The van der Waals surface area contributed by atoms with Gasteiger partial charge in [0.15, 0.2) is 6.61 Å². The molecule has 0 aliphatic heterocycles. The molecule has 0 bridgehead atoms. The Balaban J connectivity index is 1.89. The van der Waals surface area contributed by atoms with Crippen molar-refractivity contribution in [3.05, 3.63) is 55.9 Å². The van der Waals surface area contributed by atoms with Crippen molar-refractivity contribution in [3.8, 4) is 0 Å². The number of ether oxygens (including phenoxy) is 1. The molecule has 2 aromatic rings. The highest BCUT2D eigenvalue weighted by Crippen LogP contribution is 2.24. The normalized spacial score (nSPS) is 10.0. The van der Waals surface area contributed by atoms with Gasteiger partial charge in [-0.25, -0.2) is 4.79 Å². The lowest BCUT2D eigenvalue weighted by Crippen LogP contribution is -2.20. The van der Waals surface area contributed by atoms with Gasteiger partial charge in [0.2, 0.25) is 0 Å². The second kappa shape index (κ2) is 7.14. The van der Waals surface area contributed by atoms with E-state index in [9.17, 15) is 19.7 Å². The van der Waals surface area contributed by atoms with Crippen molar-refractivity contribution in [1.29, 1.82) is 0 Å². The smallest absolute Gasteiger partial charge is 0.349 e. The van der Waals surface area contributed by atoms with E-state index in [1.807, 2.05) is 0 Å². The fraction of sp³-hybridized carbons (Fsp3) is 0.0769. The molecule has 114 valence electrons. The van der Waals surface area contributed by atoms with Crippen LogP contribution in [0.1, 0.15) is 9.67 Å². The molecule has 7 nitrogen and oxygen atoms in total. The number of anilines is 1. The van der Waals surface area contributed by atoms with Gasteiger partial charge < -0.3 is 10.1 Å². The molecule has 1 aromatic heterocycles. The highest BCUT2D eigenvalue weighted by Gasteiger charge is 2.17. The maximum Gasteiger partial charge on any atom is 0.349 e. The minimum Gasteiger partial charge on any atom is -0.451 e. The molecule has 0 fully saturated rings. The summed E-state index contributed by atoms with van der Waals surface area (Å²) in [4.78, 5) is 33.4. The van der Waals surface area contributed by atoms with Gasteiger partial charge in [0.1, 0.15) is 4.88 Å². The van der Waals surface area contributed by atoms with Crippen molar-refractivity contribution < 1.29 is 19.2 Å². The molecule has 1 heterocycles. The predicted molar refractivity (Wildman–Crippen MR) is 84.0 cm³/mol. The van der Waals surface area contributed by atoms with Crippen LogP contribution in [0.3, 0.4) is 0 Å². The molecule has 1 aromatic carbocycles. The minimum absolute atomic E-state index is 0.0698. The van der Waals surface area contributed by atoms with E-state index in [0.29, 0.717) is 21.5 Å². The van der Waals surface area contributed by atoms with Gasteiger partial charge in [0.25, 0.3) is 5.91 Å². The highest BCUT2D eigenvalue weighted by atomic mass is 79.9. The lowest BCUT2D eigenvalue weighted by molar-refractivity contribution is -0.380. The third-order valence-electron chi connectivity index (χ3n) is 2.46. The second-order valence-corrected chi connectivity index (χ2v) is 5.92. The van der Waals surface area contributed by atoms with Crippen LogP contribution in [0.2, 0.25) is 0 Å². The molecule has 0 spiro atoms. The van der Waals surface area contributed by atoms with Crippen molar-refractivity contribution in [3.63, 3.8) is 0 Å². The van der Waals surface area contributed by atoms with Gasteiger partial charge in [0, 0.05) is 10.5 Å². The zero-order valence-corrected chi connectivity index (χ0v) is 13.3. The number of amides is 1. The van der Waals surface area contributed by atoms with Crippen LogP contribution in [-0.4, -0.2) is 23.4 Å². The zero-order valence-electron chi connectivity index (χ0n) is 10.9. The molecule has 0 aliphatic carbocycles. The standard InChI is InChI=1S/C13H9BrN2O5S/c14-8-3-1-2-4-9(8)15-11(17)7-21-13(18)10-5-6-12(22-10)16(19)20/h1-6H,7H2,(H,15,17). The number of hydrogen-bond donors (Lipinski definition) is 1. The predicted octanol–water partition coefficient (Wildman–Crippen LogP) is 3.21. The summed E-state index contributed by atoms with van der Waals surface area (Å²) in [5.41, 5.74) is 0.551. The van der Waals surface area contributed by atoms with Crippen LogP contribution >= 0.6 is 27.3 Å². The molecular weight excluding hydrogens is 376 g/mol. The number of nitro groups is 1. The Morgan fingerprint density at radius 2 is 2.00 bits per heavy atom. The van der Waals surface area contributed by atoms with E-state index in [2.05, 4.69) is 21.2 Å². The molecular formula is C13H9BrN2O5S. The van der Waals surface area contributed by atoms with Crippen LogP contribution in [-0.2, 0) is 9.53 Å². The number of para-hydroxylation sites is 1. The summed E-state index contributed by atoms with van der Waals surface area (Å²) in [7, 11) is 0. The number of benzene rings is 1. The number of hydrogen-bond acceptors (Lipinski definition) is 6. The Kier molecular flexibility index (Phi) is 5.23. The van der Waals surface area contributed by atoms with Crippen LogP contribution in [0.25, 0.3) is 0 Å². The van der Waals surface area contributed by atoms with Gasteiger partial charge in [-0.1, -0.05) is 23.5 Å². The van der Waals surface area contributed by atoms with E-state index >= 15 is 0 Å². The zero-order chi connectivity index (χ0) is 16.1. The molecule has 0 saturated heterocycles. The van der Waals surface area contributed by atoms with Crippen molar-refractivity contribution in [2.45, 2.75) is 0 Å². The van der Waals surface area contributed by atoms with Crippen LogP contribution in [0, 0.1) is 10.1 Å². The summed E-state index contributed by atoms with van der Waals surface area (Å²) >= 11 is 3.97. The van der Waals surface area contributed by atoms with E-state index in [4.69, 9.17) is 4.74 Å². The molecule has 1 N–H and O–H groups in total. The Morgan fingerprint density at radius 3 is 2.64 bits per heavy atom. The first kappa shape index (κ1) is 16.1. The summed E-state index contributed by atoms with van der Waals surface area (Å²) < 4.78 is 5.51. The van der Waals surface area contributed by atoms with E-state index in [1.165, 1.54) is 12.1 Å². The number of esters is 1. The third kappa shape index (κ3) is 4.12.